The van der Waals surface area contributed by atoms with E-state index in [0.717, 1.165) is 5.56 Å². The van der Waals surface area contributed by atoms with E-state index in [-0.39, 0.29) is 5.82 Å². The van der Waals surface area contributed by atoms with Crippen LogP contribution in [-0.2, 0) is 0 Å². The van der Waals surface area contributed by atoms with Crippen LogP contribution in [0.4, 0.5) is 4.39 Å². The molecule has 0 aliphatic rings. The van der Waals surface area contributed by atoms with Gasteiger partial charge in [-0.3, -0.25) is 0 Å². The number of hydrogen-bond acceptors (Lipinski definition) is 5. The normalized spacial score (nSPS) is 10.9. The highest BCUT2D eigenvalue weighted by atomic mass is 32.1. The molecule has 5 nitrogen and oxygen atoms in total. The average Bonchev–Trinajstić information content (AvgIpc) is 3.22. The van der Waals surface area contributed by atoms with E-state index in [1.807, 2.05) is 0 Å². The minimum atomic E-state index is -0.303. The maximum Gasteiger partial charge on any atom is 0.214 e. The molecule has 4 rings (SSSR count). The van der Waals surface area contributed by atoms with E-state index < -0.39 is 0 Å². The van der Waals surface area contributed by atoms with Crippen molar-refractivity contribution in [3.05, 3.63) is 54.2 Å². The lowest BCUT2D eigenvalue weighted by molar-refractivity contribution is 0.580. The summed E-state index contributed by atoms with van der Waals surface area (Å²) in [6.45, 7) is 0. The Balaban J connectivity index is 1.88. The Hall–Kier alpha value is -2.98. The van der Waals surface area contributed by atoms with E-state index in [4.69, 9.17) is 4.42 Å². The van der Waals surface area contributed by atoms with Crippen molar-refractivity contribution < 1.29 is 8.81 Å². The second kappa shape index (κ2) is 4.79. The van der Waals surface area contributed by atoms with Gasteiger partial charge in [-0.05, 0) is 36.4 Å². The van der Waals surface area contributed by atoms with Crippen LogP contribution in [0.3, 0.4) is 0 Å². The van der Waals surface area contributed by atoms with Crippen molar-refractivity contribution in [3.8, 4) is 28.1 Å². The first-order valence-electron chi connectivity index (χ1n) is 6.36. The first-order chi connectivity index (χ1) is 10.8. The molecule has 0 fully saturated rings. The molecule has 0 bridgehead atoms. The van der Waals surface area contributed by atoms with Crippen molar-refractivity contribution in [3.63, 3.8) is 0 Å². The van der Waals surface area contributed by atoms with Gasteiger partial charge >= 0.3 is 0 Å². The summed E-state index contributed by atoms with van der Waals surface area (Å²) in [5.74, 6) is 0.223. The first kappa shape index (κ1) is 12.7. The molecule has 1 aromatic carbocycles. The molecule has 0 saturated heterocycles. The minimum Gasteiger partial charge on any atom is -0.463 e. The fraction of sp³-hybridized carbons (Fsp3) is 0. The van der Waals surface area contributed by atoms with Crippen LogP contribution in [0.15, 0.2) is 47.1 Å². The predicted molar refractivity (Wildman–Crippen MR) is 78.7 cm³/mol. The van der Waals surface area contributed by atoms with Gasteiger partial charge < -0.3 is 4.42 Å². The Morgan fingerprint density at radius 1 is 1.23 bits per heavy atom. The Labute approximate surface area is 127 Å². The molecule has 4 aromatic rings. The zero-order chi connectivity index (χ0) is 15.1. The highest BCUT2D eigenvalue weighted by molar-refractivity contribution is 7.19. The molecule has 0 N–H and O–H groups in total. The molecule has 106 valence electrons. The third-order valence-corrected chi connectivity index (χ3v) is 4.11. The van der Waals surface area contributed by atoms with Gasteiger partial charge in [0.05, 0.1) is 6.26 Å². The van der Waals surface area contributed by atoms with Crippen molar-refractivity contribution in [2.75, 3.05) is 0 Å². The summed E-state index contributed by atoms with van der Waals surface area (Å²) in [7, 11) is 0. The second-order valence-corrected chi connectivity index (χ2v) is 5.46. The van der Waals surface area contributed by atoms with Crippen molar-refractivity contribution in [1.82, 2.24) is 14.6 Å². The standard InChI is InChI=1S/C15H7FN4OS/c16-10-5-3-9(4-6-10)14-19-20-11(8-17)13(18-15(20)22-14)12-2-1-7-21-12/h1-7H. The lowest BCUT2D eigenvalue weighted by Crippen LogP contribution is -1.90. The molecular weight excluding hydrogens is 303 g/mol. The third kappa shape index (κ3) is 1.89. The number of rotatable bonds is 2. The fourth-order valence-electron chi connectivity index (χ4n) is 2.14. The molecule has 22 heavy (non-hydrogen) atoms. The number of nitrogens with zero attached hydrogens (tertiary/aromatic N) is 4. The summed E-state index contributed by atoms with van der Waals surface area (Å²) >= 11 is 1.33. The number of hydrogen-bond donors (Lipinski definition) is 0. The highest BCUT2D eigenvalue weighted by Crippen LogP contribution is 2.30. The summed E-state index contributed by atoms with van der Waals surface area (Å²) in [4.78, 5) is 5.00. The smallest absolute Gasteiger partial charge is 0.214 e. The van der Waals surface area contributed by atoms with Crippen LogP contribution < -0.4 is 0 Å². The number of furan rings is 1. The summed E-state index contributed by atoms with van der Waals surface area (Å²) in [6.07, 6.45) is 1.53. The molecule has 7 heteroatoms. The lowest BCUT2D eigenvalue weighted by Gasteiger charge is -1.95. The monoisotopic (exact) mass is 310 g/mol. The van der Waals surface area contributed by atoms with Gasteiger partial charge in [-0.25, -0.2) is 9.37 Å². The van der Waals surface area contributed by atoms with E-state index in [1.165, 1.54) is 34.2 Å². The summed E-state index contributed by atoms with van der Waals surface area (Å²) in [5, 5.41) is 14.5. The van der Waals surface area contributed by atoms with Crippen LogP contribution in [-0.4, -0.2) is 14.6 Å². The number of fused-ring (bicyclic) bond motifs is 1. The molecule has 0 aliphatic carbocycles. The Morgan fingerprint density at radius 2 is 2.05 bits per heavy atom. The van der Waals surface area contributed by atoms with E-state index >= 15 is 0 Å². The SMILES string of the molecule is N#Cc1c(-c2ccco2)nc2sc(-c3ccc(F)cc3)nn12. The van der Waals surface area contributed by atoms with Crippen LogP contribution >= 0.6 is 11.3 Å². The topological polar surface area (TPSA) is 67.1 Å². The molecular formula is C15H7FN4OS. The molecule has 0 atom stereocenters. The van der Waals surface area contributed by atoms with Crippen LogP contribution in [0.1, 0.15) is 5.69 Å². The van der Waals surface area contributed by atoms with E-state index in [9.17, 15) is 9.65 Å². The number of imidazole rings is 1. The Morgan fingerprint density at radius 3 is 2.73 bits per heavy atom. The van der Waals surface area contributed by atoms with Crippen molar-refractivity contribution >= 4 is 16.3 Å². The van der Waals surface area contributed by atoms with Crippen molar-refractivity contribution in [2.24, 2.45) is 0 Å². The van der Waals surface area contributed by atoms with Gasteiger partial charge in [0.25, 0.3) is 0 Å². The van der Waals surface area contributed by atoms with Crippen molar-refractivity contribution in [1.29, 1.82) is 5.26 Å². The third-order valence-electron chi connectivity index (χ3n) is 3.16. The van der Waals surface area contributed by atoms with Crippen molar-refractivity contribution in [2.45, 2.75) is 0 Å². The Bertz CT molecular complexity index is 993. The quantitative estimate of drug-likeness (QED) is 0.566. The summed E-state index contributed by atoms with van der Waals surface area (Å²) in [5.41, 5.74) is 1.56. The van der Waals surface area contributed by atoms with Gasteiger partial charge in [0.1, 0.15) is 22.6 Å². The molecule has 0 aliphatic heterocycles. The van der Waals surface area contributed by atoms with E-state index in [1.54, 1.807) is 24.3 Å². The first-order valence-corrected chi connectivity index (χ1v) is 7.17. The number of benzene rings is 1. The van der Waals surface area contributed by atoms with E-state index in [2.05, 4.69) is 16.2 Å². The van der Waals surface area contributed by atoms with Gasteiger partial charge in [0.2, 0.25) is 4.96 Å². The highest BCUT2D eigenvalue weighted by Gasteiger charge is 2.19. The summed E-state index contributed by atoms with van der Waals surface area (Å²) in [6, 6.07) is 11.6. The number of aromatic nitrogens is 3. The largest absolute Gasteiger partial charge is 0.463 e. The van der Waals surface area contributed by atoms with Gasteiger partial charge in [0.15, 0.2) is 11.5 Å². The average molecular weight is 310 g/mol. The molecule has 0 spiro atoms. The minimum absolute atomic E-state index is 0.303. The number of halogens is 1. The fourth-order valence-corrected chi connectivity index (χ4v) is 3.05. The van der Waals surface area contributed by atoms with Gasteiger partial charge in [-0.1, -0.05) is 11.3 Å². The van der Waals surface area contributed by atoms with Crippen LogP contribution in [0.5, 0.6) is 0 Å². The van der Waals surface area contributed by atoms with Gasteiger partial charge in [0, 0.05) is 5.56 Å². The maximum absolute atomic E-state index is 13.0. The maximum atomic E-state index is 13.0. The van der Waals surface area contributed by atoms with Gasteiger partial charge in [-0.15, -0.1) is 0 Å². The predicted octanol–water partition coefficient (Wildman–Crippen LogP) is 3.73. The van der Waals surface area contributed by atoms with Crippen LogP contribution in [0.2, 0.25) is 0 Å². The van der Waals surface area contributed by atoms with Crippen LogP contribution in [0, 0.1) is 17.1 Å². The molecule has 0 radical (unpaired) electrons. The van der Waals surface area contributed by atoms with Gasteiger partial charge in [-0.2, -0.15) is 14.9 Å². The summed E-state index contributed by atoms with van der Waals surface area (Å²) < 4.78 is 19.8. The number of nitriles is 1. The lowest BCUT2D eigenvalue weighted by atomic mass is 10.2. The molecule has 0 saturated carbocycles. The second-order valence-electron chi connectivity index (χ2n) is 4.51. The molecule has 0 amide bonds. The molecule has 0 unspecified atom stereocenters. The molecule has 3 heterocycles. The van der Waals surface area contributed by atoms with Crippen LogP contribution in [0.25, 0.3) is 27.0 Å². The zero-order valence-corrected chi connectivity index (χ0v) is 11.8. The van der Waals surface area contributed by atoms with E-state index in [0.29, 0.717) is 27.1 Å². The molecule has 3 aromatic heterocycles. The zero-order valence-electron chi connectivity index (χ0n) is 11.0. The Kier molecular flexibility index (Phi) is 2.77.